The minimum atomic E-state index is 0.784. The second-order valence-electron chi connectivity index (χ2n) is 2.99. The van der Waals surface area contributed by atoms with E-state index in [2.05, 4.69) is 31.2 Å². The molecule has 0 aromatic carbocycles. The van der Waals surface area contributed by atoms with Crippen LogP contribution in [0.5, 0.6) is 0 Å². The number of nitrogens with one attached hydrogen (secondary N) is 1. The number of rotatable bonds is 2. The van der Waals surface area contributed by atoms with Crippen molar-refractivity contribution in [3.63, 3.8) is 0 Å². The average Bonchev–Trinajstić information content (AvgIpc) is 2.12. The van der Waals surface area contributed by atoms with Gasteiger partial charge in [-0.15, -0.1) is 0 Å². The van der Waals surface area contributed by atoms with E-state index in [0.29, 0.717) is 0 Å². The summed E-state index contributed by atoms with van der Waals surface area (Å²) in [6.45, 7) is 6.72. The average molecular weight is 256 g/mol. The third-order valence-electron chi connectivity index (χ3n) is 1.74. The minimum absolute atomic E-state index is 0.784. The van der Waals surface area contributed by atoms with Gasteiger partial charge in [-0.1, -0.05) is 6.07 Å². The fraction of sp³-hybridized carbons (Fsp3) is 0.400. The number of aromatic nitrogens is 1. The molecule has 1 aromatic rings. The van der Waals surface area contributed by atoms with Gasteiger partial charge in [0, 0.05) is 6.54 Å². The van der Waals surface area contributed by atoms with Crippen molar-refractivity contribution >= 4 is 27.6 Å². The molecule has 3 nitrogen and oxygen atoms in total. The largest absolute Gasteiger partial charge is 0.329 e. The van der Waals surface area contributed by atoms with E-state index in [-0.39, 0.29) is 0 Å². The van der Waals surface area contributed by atoms with E-state index in [9.17, 15) is 0 Å². The van der Waals surface area contributed by atoms with Crippen LogP contribution in [0.3, 0.4) is 0 Å². The Hall–Kier alpha value is -0.900. The van der Waals surface area contributed by atoms with Crippen LogP contribution in [0.4, 0.5) is 5.82 Å². The predicted molar refractivity (Wildman–Crippen MR) is 63.9 cm³/mol. The monoisotopic (exact) mass is 255 g/mol. The Kier molecular flexibility index (Phi) is 4.07. The smallest absolute Gasteiger partial charge is 0.132 e. The molecule has 0 aliphatic carbocycles. The summed E-state index contributed by atoms with van der Waals surface area (Å²) < 4.78 is 0.867. The van der Waals surface area contributed by atoms with Crippen molar-refractivity contribution in [3.8, 4) is 0 Å². The normalized spacial score (nSPS) is 11.6. The maximum absolute atomic E-state index is 4.32. The molecule has 0 aliphatic rings. The molecule has 0 unspecified atom stereocenters. The second-order valence-corrected chi connectivity index (χ2v) is 3.74. The Morgan fingerprint density at radius 1 is 1.57 bits per heavy atom. The molecule has 4 heteroatoms. The number of aryl methyl sites for hydroxylation is 1. The molecule has 76 valence electrons. The predicted octanol–water partition coefficient (Wildman–Crippen LogP) is 3.00. The first-order chi connectivity index (χ1) is 6.63. The Balaban J connectivity index is 2.78. The molecule has 0 bridgehead atoms. The Bertz CT molecular complexity index is 347. The number of nitrogens with zero attached hydrogens (tertiary/aromatic N) is 2. The molecular formula is C10H14BrN3. The number of halogens is 1. The first kappa shape index (κ1) is 11.2. The van der Waals surface area contributed by atoms with Crippen molar-refractivity contribution in [2.24, 2.45) is 4.99 Å². The zero-order valence-electron chi connectivity index (χ0n) is 8.63. The molecule has 1 heterocycles. The van der Waals surface area contributed by atoms with Gasteiger partial charge in [-0.25, -0.2) is 4.98 Å². The minimum Gasteiger partial charge on any atom is -0.329 e. The van der Waals surface area contributed by atoms with E-state index >= 15 is 0 Å². The summed E-state index contributed by atoms with van der Waals surface area (Å²) in [7, 11) is 0. The summed E-state index contributed by atoms with van der Waals surface area (Å²) in [5.74, 6) is 1.70. The summed E-state index contributed by atoms with van der Waals surface area (Å²) in [5.41, 5.74) is 1.13. The van der Waals surface area contributed by atoms with E-state index in [1.807, 2.05) is 32.9 Å². The van der Waals surface area contributed by atoms with Gasteiger partial charge in [-0.3, -0.25) is 4.99 Å². The fourth-order valence-corrected chi connectivity index (χ4v) is 1.36. The van der Waals surface area contributed by atoms with Crippen LogP contribution in [0, 0.1) is 6.92 Å². The summed E-state index contributed by atoms with van der Waals surface area (Å²) >= 11 is 3.38. The Morgan fingerprint density at radius 3 is 2.86 bits per heavy atom. The Labute approximate surface area is 92.8 Å². The van der Waals surface area contributed by atoms with Crippen LogP contribution in [0.15, 0.2) is 21.7 Å². The number of amidine groups is 1. The topological polar surface area (TPSA) is 37.3 Å². The van der Waals surface area contributed by atoms with Crippen LogP contribution >= 0.6 is 15.9 Å². The third kappa shape index (κ3) is 3.10. The highest BCUT2D eigenvalue weighted by Gasteiger charge is 1.99. The molecule has 1 aromatic heterocycles. The van der Waals surface area contributed by atoms with Gasteiger partial charge >= 0.3 is 0 Å². The number of hydrogen-bond donors (Lipinski definition) is 1. The summed E-state index contributed by atoms with van der Waals surface area (Å²) in [6.07, 6.45) is 0. The number of hydrogen-bond acceptors (Lipinski definition) is 2. The summed E-state index contributed by atoms with van der Waals surface area (Å²) in [5, 5.41) is 3.12. The molecule has 0 saturated carbocycles. The molecule has 0 spiro atoms. The zero-order valence-corrected chi connectivity index (χ0v) is 10.2. The molecule has 0 atom stereocenters. The van der Waals surface area contributed by atoms with Gasteiger partial charge in [0.1, 0.15) is 10.4 Å². The van der Waals surface area contributed by atoms with Crippen molar-refractivity contribution < 1.29 is 0 Å². The van der Waals surface area contributed by atoms with Crippen molar-refractivity contribution in [1.82, 2.24) is 4.98 Å². The highest BCUT2D eigenvalue weighted by molar-refractivity contribution is 9.10. The van der Waals surface area contributed by atoms with E-state index in [4.69, 9.17) is 0 Å². The molecule has 0 aliphatic heterocycles. The van der Waals surface area contributed by atoms with Gasteiger partial charge in [-0.05, 0) is 48.3 Å². The lowest BCUT2D eigenvalue weighted by atomic mass is 10.3. The van der Waals surface area contributed by atoms with Crippen molar-refractivity contribution in [1.29, 1.82) is 0 Å². The van der Waals surface area contributed by atoms with Crippen molar-refractivity contribution in [3.05, 3.63) is 22.3 Å². The van der Waals surface area contributed by atoms with Crippen molar-refractivity contribution in [2.45, 2.75) is 20.8 Å². The van der Waals surface area contributed by atoms with Gasteiger partial charge in [0.2, 0.25) is 0 Å². The van der Waals surface area contributed by atoms with Gasteiger partial charge in [-0.2, -0.15) is 0 Å². The van der Waals surface area contributed by atoms with E-state index in [1.54, 1.807) is 0 Å². The van der Waals surface area contributed by atoms with Crippen LogP contribution in [0.2, 0.25) is 0 Å². The second kappa shape index (κ2) is 5.10. The van der Waals surface area contributed by atoms with Crippen LogP contribution in [-0.4, -0.2) is 17.4 Å². The summed E-state index contributed by atoms with van der Waals surface area (Å²) in [4.78, 5) is 8.54. The molecule has 0 saturated heterocycles. The van der Waals surface area contributed by atoms with E-state index in [0.717, 1.165) is 28.4 Å². The van der Waals surface area contributed by atoms with Crippen molar-refractivity contribution in [2.75, 3.05) is 11.9 Å². The molecule has 0 fully saturated rings. The summed E-state index contributed by atoms with van der Waals surface area (Å²) in [6, 6.07) is 3.95. The maximum Gasteiger partial charge on any atom is 0.132 e. The number of aliphatic imine (C=N–C) groups is 1. The lowest BCUT2D eigenvalue weighted by Gasteiger charge is -2.05. The first-order valence-electron chi connectivity index (χ1n) is 4.54. The van der Waals surface area contributed by atoms with Gasteiger partial charge in [0.25, 0.3) is 0 Å². The molecule has 0 amide bonds. The lowest BCUT2D eigenvalue weighted by molar-refractivity contribution is 1.12. The lowest BCUT2D eigenvalue weighted by Crippen LogP contribution is -2.09. The maximum atomic E-state index is 4.32. The van der Waals surface area contributed by atoms with E-state index in [1.165, 1.54) is 0 Å². The molecular weight excluding hydrogens is 242 g/mol. The van der Waals surface area contributed by atoms with Crippen LogP contribution in [-0.2, 0) is 0 Å². The first-order valence-corrected chi connectivity index (χ1v) is 5.34. The molecule has 1 rings (SSSR count). The molecule has 14 heavy (non-hydrogen) atoms. The highest BCUT2D eigenvalue weighted by Crippen LogP contribution is 2.15. The fourth-order valence-electron chi connectivity index (χ4n) is 1.04. The molecule has 0 radical (unpaired) electrons. The van der Waals surface area contributed by atoms with Crippen LogP contribution in [0.25, 0.3) is 0 Å². The highest BCUT2D eigenvalue weighted by atomic mass is 79.9. The van der Waals surface area contributed by atoms with Crippen LogP contribution in [0.1, 0.15) is 19.4 Å². The third-order valence-corrected chi connectivity index (χ3v) is 2.54. The van der Waals surface area contributed by atoms with Crippen LogP contribution < -0.4 is 5.32 Å². The standard InChI is InChI=1S/C10H14BrN3/c1-4-12-8(3)13-9-6-5-7(2)10(11)14-9/h5-6H,4H2,1-3H3,(H,12,13,14). The number of pyridine rings is 1. The van der Waals surface area contributed by atoms with E-state index < -0.39 is 0 Å². The zero-order chi connectivity index (χ0) is 10.6. The van der Waals surface area contributed by atoms with Gasteiger partial charge in [0.15, 0.2) is 0 Å². The number of anilines is 1. The quantitative estimate of drug-likeness (QED) is 0.501. The molecule has 1 N–H and O–H groups in total. The SMILES string of the molecule is CCN=C(C)Nc1ccc(C)c(Br)n1. The van der Waals surface area contributed by atoms with Gasteiger partial charge < -0.3 is 5.32 Å². The van der Waals surface area contributed by atoms with Gasteiger partial charge in [0.05, 0.1) is 5.84 Å². The Morgan fingerprint density at radius 2 is 2.29 bits per heavy atom.